The maximum absolute atomic E-state index is 2.19. The fourth-order valence-corrected chi connectivity index (χ4v) is 1.42. The first-order valence-corrected chi connectivity index (χ1v) is 5.16. The normalized spacial score (nSPS) is 9.89. The standard InChI is InChI=1S/C7H10SSi/c1-8-6-2-4-7(9)5-3-6/h2-5H,1,9H3. The third kappa shape index (κ3) is 1.88. The second-order valence-electron chi connectivity index (χ2n) is 2.02. The summed E-state index contributed by atoms with van der Waals surface area (Å²) in [5.41, 5.74) is 0. The van der Waals surface area contributed by atoms with Gasteiger partial charge in [-0.3, -0.25) is 0 Å². The van der Waals surface area contributed by atoms with E-state index in [-0.39, 0.29) is 0 Å². The molecule has 0 aliphatic carbocycles. The number of thioether (sulfide) groups is 1. The average Bonchev–Trinajstić information content (AvgIpc) is 1.90. The summed E-state index contributed by atoms with van der Waals surface area (Å²) in [6.45, 7) is 0. The molecule has 0 fully saturated rings. The van der Waals surface area contributed by atoms with Gasteiger partial charge in [-0.1, -0.05) is 17.3 Å². The van der Waals surface area contributed by atoms with Gasteiger partial charge >= 0.3 is 0 Å². The van der Waals surface area contributed by atoms with E-state index in [0.717, 1.165) is 10.2 Å². The van der Waals surface area contributed by atoms with Gasteiger partial charge in [-0.15, -0.1) is 11.8 Å². The van der Waals surface area contributed by atoms with Gasteiger partial charge in [0.2, 0.25) is 0 Å². The molecular formula is C7H10SSi. The Kier molecular flexibility index (Phi) is 2.36. The van der Waals surface area contributed by atoms with Gasteiger partial charge in [-0.25, -0.2) is 0 Å². The van der Waals surface area contributed by atoms with Crippen LogP contribution < -0.4 is 5.19 Å². The lowest BCUT2D eigenvalue weighted by Crippen LogP contribution is -1.98. The Bertz CT molecular complexity index is 181. The molecule has 0 aliphatic heterocycles. The van der Waals surface area contributed by atoms with Crippen molar-refractivity contribution in [3.8, 4) is 0 Å². The van der Waals surface area contributed by atoms with Gasteiger partial charge in [0.05, 0.1) is 0 Å². The number of benzene rings is 1. The molecule has 0 N–H and O–H groups in total. The fraction of sp³-hybridized carbons (Fsp3) is 0.143. The molecule has 0 radical (unpaired) electrons. The van der Waals surface area contributed by atoms with E-state index in [1.54, 1.807) is 11.8 Å². The molecule has 0 saturated carbocycles. The lowest BCUT2D eigenvalue weighted by atomic mass is 10.4. The van der Waals surface area contributed by atoms with Gasteiger partial charge in [0.1, 0.15) is 0 Å². The summed E-state index contributed by atoms with van der Waals surface area (Å²) >= 11 is 1.79. The predicted octanol–water partition coefficient (Wildman–Crippen LogP) is 0.399. The van der Waals surface area contributed by atoms with Crippen molar-refractivity contribution in [1.82, 2.24) is 0 Å². The molecule has 0 amide bonds. The van der Waals surface area contributed by atoms with Crippen LogP contribution in [0.1, 0.15) is 0 Å². The Morgan fingerprint density at radius 3 is 2.22 bits per heavy atom. The minimum atomic E-state index is 1.16. The number of hydrogen-bond donors (Lipinski definition) is 0. The van der Waals surface area contributed by atoms with E-state index in [0.29, 0.717) is 0 Å². The monoisotopic (exact) mass is 154 g/mol. The average molecular weight is 154 g/mol. The van der Waals surface area contributed by atoms with Crippen LogP contribution in [0.25, 0.3) is 0 Å². The molecule has 1 aromatic rings. The zero-order valence-electron chi connectivity index (χ0n) is 5.72. The molecule has 9 heavy (non-hydrogen) atoms. The molecule has 0 atom stereocenters. The van der Waals surface area contributed by atoms with E-state index < -0.39 is 0 Å². The number of rotatable bonds is 1. The Morgan fingerprint density at radius 2 is 1.78 bits per heavy atom. The van der Waals surface area contributed by atoms with Crippen LogP contribution in [0.2, 0.25) is 0 Å². The zero-order chi connectivity index (χ0) is 6.69. The van der Waals surface area contributed by atoms with Crippen LogP contribution >= 0.6 is 11.8 Å². The van der Waals surface area contributed by atoms with E-state index in [1.165, 1.54) is 10.1 Å². The van der Waals surface area contributed by atoms with E-state index in [9.17, 15) is 0 Å². The highest BCUT2D eigenvalue weighted by Crippen LogP contribution is 2.10. The van der Waals surface area contributed by atoms with Crippen molar-refractivity contribution in [3.05, 3.63) is 24.3 Å². The van der Waals surface area contributed by atoms with Gasteiger partial charge in [0.15, 0.2) is 0 Å². The highest BCUT2D eigenvalue weighted by Gasteiger charge is 1.85. The van der Waals surface area contributed by atoms with Crippen molar-refractivity contribution in [2.45, 2.75) is 4.90 Å². The van der Waals surface area contributed by atoms with Crippen molar-refractivity contribution >= 4 is 27.2 Å². The van der Waals surface area contributed by atoms with Crippen molar-refractivity contribution in [2.75, 3.05) is 6.26 Å². The van der Waals surface area contributed by atoms with Gasteiger partial charge in [0.25, 0.3) is 0 Å². The molecule has 0 spiro atoms. The molecule has 1 aromatic carbocycles. The summed E-state index contributed by atoms with van der Waals surface area (Å²) in [4.78, 5) is 1.36. The summed E-state index contributed by atoms with van der Waals surface area (Å²) in [5, 5.41) is 1.47. The van der Waals surface area contributed by atoms with Crippen molar-refractivity contribution < 1.29 is 0 Å². The predicted molar refractivity (Wildman–Crippen MR) is 47.8 cm³/mol. The minimum absolute atomic E-state index is 1.16. The number of hydrogen-bond acceptors (Lipinski definition) is 1. The van der Waals surface area contributed by atoms with Crippen LogP contribution in [-0.4, -0.2) is 16.5 Å². The largest absolute Gasteiger partial charge is 0.130 e. The first-order chi connectivity index (χ1) is 4.33. The van der Waals surface area contributed by atoms with Crippen molar-refractivity contribution in [2.24, 2.45) is 0 Å². The Balaban J connectivity index is 2.88. The Morgan fingerprint density at radius 1 is 1.22 bits per heavy atom. The first kappa shape index (κ1) is 6.90. The molecular weight excluding hydrogens is 144 g/mol. The van der Waals surface area contributed by atoms with E-state index in [4.69, 9.17) is 0 Å². The second kappa shape index (κ2) is 3.08. The van der Waals surface area contributed by atoms with Crippen molar-refractivity contribution in [1.29, 1.82) is 0 Å². The van der Waals surface area contributed by atoms with Gasteiger partial charge in [-0.2, -0.15) is 0 Å². The molecule has 2 heteroatoms. The van der Waals surface area contributed by atoms with Crippen LogP contribution in [0.5, 0.6) is 0 Å². The highest BCUT2D eigenvalue weighted by molar-refractivity contribution is 7.98. The minimum Gasteiger partial charge on any atom is -0.130 e. The maximum Gasteiger partial charge on any atom is 0.0384 e. The first-order valence-electron chi connectivity index (χ1n) is 2.93. The van der Waals surface area contributed by atoms with Crippen LogP contribution in [-0.2, 0) is 0 Å². The second-order valence-corrected chi connectivity index (χ2v) is 4.05. The Labute approximate surface area is 63.1 Å². The molecule has 48 valence electrons. The van der Waals surface area contributed by atoms with Crippen LogP contribution in [0.3, 0.4) is 0 Å². The molecule has 0 aliphatic rings. The quantitative estimate of drug-likeness (QED) is 0.417. The smallest absolute Gasteiger partial charge is 0.0384 e. The zero-order valence-corrected chi connectivity index (χ0v) is 8.53. The molecule has 0 nitrogen and oxygen atoms in total. The topological polar surface area (TPSA) is 0 Å². The molecule has 1 rings (SSSR count). The summed E-state index contributed by atoms with van der Waals surface area (Å²) in [6.07, 6.45) is 2.10. The maximum atomic E-state index is 2.19. The summed E-state index contributed by atoms with van der Waals surface area (Å²) in [7, 11) is 1.16. The van der Waals surface area contributed by atoms with Crippen LogP contribution in [0.15, 0.2) is 29.2 Å². The van der Waals surface area contributed by atoms with Gasteiger partial charge in [-0.05, 0) is 18.4 Å². The third-order valence-electron chi connectivity index (χ3n) is 1.26. The summed E-state index contributed by atoms with van der Waals surface area (Å²) in [6, 6.07) is 8.73. The molecule has 0 saturated heterocycles. The molecule has 0 unspecified atom stereocenters. The molecule has 0 heterocycles. The lowest BCUT2D eigenvalue weighted by molar-refractivity contribution is 1.49. The van der Waals surface area contributed by atoms with Crippen LogP contribution in [0, 0.1) is 0 Å². The SMILES string of the molecule is CSc1ccc([SiH3])cc1. The summed E-state index contributed by atoms with van der Waals surface area (Å²) < 4.78 is 0. The van der Waals surface area contributed by atoms with E-state index in [1.807, 2.05) is 0 Å². The van der Waals surface area contributed by atoms with E-state index >= 15 is 0 Å². The molecule has 0 bridgehead atoms. The third-order valence-corrected chi connectivity index (χ3v) is 2.67. The lowest BCUT2D eigenvalue weighted by Gasteiger charge is -1.94. The van der Waals surface area contributed by atoms with Crippen LogP contribution in [0.4, 0.5) is 0 Å². The fourth-order valence-electron chi connectivity index (χ4n) is 0.674. The van der Waals surface area contributed by atoms with Gasteiger partial charge < -0.3 is 0 Å². The van der Waals surface area contributed by atoms with E-state index in [2.05, 4.69) is 30.5 Å². The van der Waals surface area contributed by atoms with Crippen molar-refractivity contribution in [3.63, 3.8) is 0 Å². The van der Waals surface area contributed by atoms with Gasteiger partial charge in [0, 0.05) is 15.1 Å². The highest BCUT2D eigenvalue weighted by atomic mass is 32.2. The molecule has 0 aromatic heterocycles. The summed E-state index contributed by atoms with van der Waals surface area (Å²) in [5.74, 6) is 0. The Hall–Kier alpha value is -0.213.